The van der Waals surface area contributed by atoms with E-state index in [2.05, 4.69) is 5.32 Å². The lowest BCUT2D eigenvalue weighted by atomic mass is 10.1. The quantitative estimate of drug-likeness (QED) is 0.764. The fourth-order valence-corrected chi connectivity index (χ4v) is 2.79. The Morgan fingerprint density at radius 3 is 2.78 bits per heavy atom. The number of rotatable bonds is 5. The van der Waals surface area contributed by atoms with E-state index in [9.17, 15) is 9.59 Å². The molecule has 0 bridgehead atoms. The van der Waals surface area contributed by atoms with Crippen LogP contribution in [0.25, 0.3) is 0 Å². The zero-order chi connectivity index (χ0) is 18.7. The third-order valence-corrected chi connectivity index (χ3v) is 4.17. The average molecular weight is 392 g/mol. The summed E-state index contributed by atoms with van der Waals surface area (Å²) in [6.07, 6.45) is -0.453. The molecule has 0 saturated carbocycles. The molecule has 0 aliphatic carbocycles. The maximum Gasteiger partial charge on any atom is 0.267 e. The van der Waals surface area contributed by atoms with Crippen LogP contribution in [-0.4, -0.2) is 31.6 Å². The summed E-state index contributed by atoms with van der Waals surface area (Å²) < 4.78 is 10.7. The van der Waals surface area contributed by atoms with Gasteiger partial charge in [-0.1, -0.05) is 12.1 Å². The Morgan fingerprint density at radius 2 is 2.04 bits per heavy atom. The number of hydrogen-bond acceptors (Lipinski definition) is 5. The number of halogens is 1. The number of nitrogens with one attached hydrogen (secondary N) is 1. The molecule has 0 spiro atoms. The molecule has 3 rings (SSSR count). The number of nitrogens with zero attached hydrogens (tertiary/aromatic N) is 1. The van der Waals surface area contributed by atoms with Crippen molar-refractivity contribution in [1.82, 2.24) is 0 Å². The molecular weight excluding hydrogens is 370 g/mol. The normalized spacial score (nSPS) is 15.3. The minimum absolute atomic E-state index is 0. The van der Waals surface area contributed by atoms with Crippen molar-refractivity contribution in [3.05, 3.63) is 42.5 Å². The molecule has 7 nitrogen and oxygen atoms in total. The van der Waals surface area contributed by atoms with Gasteiger partial charge in [0, 0.05) is 19.0 Å². The third-order valence-electron chi connectivity index (χ3n) is 4.17. The summed E-state index contributed by atoms with van der Waals surface area (Å²) >= 11 is 0. The summed E-state index contributed by atoms with van der Waals surface area (Å²) in [7, 11) is 1.54. The molecule has 2 amide bonds. The van der Waals surface area contributed by atoms with E-state index in [1.165, 1.54) is 0 Å². The van der Waals surface area contributed by atoms with E-state index in [0.29, 0.717) is 28.6 Å². The van der Waals surface area contributed by atoms with Gasteiger partial charge < -0.3 is 25.4 Å². The van der Waals surface area contributed by atoms with Gasteiger partial charge in [-0.05, 0) is 31.2 Å². The summed E-state index contributed by atoms with van der Waals surface area (Å²) in [5.74, 6) is 0.824. The molecule has 1 atom stereocenters. The largest absolute Gasteiger partial charge is 0.497 e. The Labute approximate surface area is 163 Å². The number of amides is 2. The van der Waals surface area contributed by atoms with Gasteiger partial charge in [-0.25, -0.2) is 0 Å². The SMILES string of the molecule is COc1ccc(N)c(NC(=O)CCN2C(=O)C(C)Oc3ccccc32)c1.Cl. The van der Waals surface area contributed by atoms with Crippen molar-refractivity contribution in [3.8, 4) is 11.5 Å². The molecule has 2 aromatic carbocycles. The maximum absolute atomic E-state index is 12.4. The van der Waals surface area contributed by atoms with Gasteiger partial charge in [0.1, 0.15) is 11.5 Å². The van der Waals surface area contributed by atoms with Gasteiger partial charge in [0.25, 0.3) is 5.91 Å². The van der Waals surface area contributed by atoms with Crippen molar-refractivity contribution in [2.75, 3.05) is 29.6 Å². The molecule has 1 aliphatic rings. The van der Waals surface area contributed by atoms with Crippen LogP contribution in [-0.2, 0) is 9.59 Å². The molecule has 2 aromatic rings. The van der Waals surface area contributed by atoms with Crippen LogP contribution in [0, 0.1) is 0 Å². The van der Waals surface area contributed by atoms with Crippen molar-refractivity contribution >= 4 is 41.3 Å². The highest BCUT2D eigenvalue weighted by atomic mass is 35.5. The molecule has 0 aromatic heterocycles. The molecule has 8 heteroatoms. The Hall–Kier alpha value is -2.93. The van der Waals surface area contributed by atoms with Crippen LogP contribution < -0.4 is 25.4 Å². The van der Waals surface area contributed by atoms with Gasteiger partial charge in [0.2, 0.25) is 5.91 Å². The molecule has 1 unspecified atom stereocenters. The van der Waals surface area contributed by atoms with Gasteiger partial charge in [0.15, 0.2) is 6.10 Å². The van der Waals surface area contributed by atoms with E-state index in [1.54, 1.807) is 43.2 Å². The number of ether oxygens (including phenoxy) is 2. The first-order valence-corrected chi connectivity index (χ1v) is 8.30. The molecule has 0 radical (unpaired) electrons. The summed E-state index contributed by atoms with van der Waals surface area (Å²) in [5, 5.41) is 2.76. The van der Waals surface area contributed by atoms with E-state index < -0.39 is 6.10 Å². The average Bonchev–Trinajstić information content (AvgIpc) is 2.64. The van der Waals surface area contributed by atoms with Crippen LogP contribution in [0.2, 0.25) is 0 Å². The fourth-order valence-electron chi connectivity index (χ4n) is 2.79. The zero-order valence-corrected chi connectivity index (χ0v) is 15.9. The number of nitrogen functional groups attached to an aromatic ring is 1. The number of methoxy groups -OCH3 is 1. The van der Waals surface area contributed by atoms with Crippen LogP contribution >= 0.6 is 12.4 Å². The Kier molecular flexibility index (Phi) is 6.52. The second kappa shape index (κ2) is 8.64. The van der Waals surface area contributed by atoms with Crippen LogP contribution in [0.5, 0.6) is 11.5 Å². The first-order chi connectivity index (χ1) is 12.5. The van der Waals surface area contributed by atoms with Gasteiger partial charge in [-0.15, -0.1) is 12.4 Å². The molecule has 27 heavy (non-hydrogen) atoms. The second-order valence-electron chi connectivity index (χ2n) is 5.97. The van der Waals surface area contributed by atoms with E-state index >= 15 is 0 Å². The third kappa shape index (κ3) is 4.43. The van der Waals surface area contributed by atoms with Crippen molar-refractivity contribution in [2.24, 2.45) is 0 Å². The zero-order valence-electron chi connectivity index (χ0n) is 15.1. The monoisotopic (exact) mass is 391 g/mol. The van der Waals surface area contributed by atoms with Crippen molar-refractivity contribution < 1.29 is 19.1 Å². The summed E-state index contributed by atoms with van der Waals surface area (Å²) in [4.78, 5) is 26.3. The number of nitrogens with two attached hydrogens (primary N) is 1. The van der Waals surface area contributed by atoms with Gasteiger partial charge >= 0.3 is 0 Å². The van der Waals surface area contributed by atoms with E-state index in [0.717, 1.165) is 0 Å². The predicted molar refractivity (Wildman–Crippen MR) is 107 cm³/mol. The highest BCUT2D eigenvalue weighted by molar-refractivity contribution is 6.01. The highest BCUT2D eigenvalue weighted by Crippen LogP contribution is 2.33. The van der Waals surface area contributed by atoms with Crippen LogP contribution in [0.15, 0.2) is 42.5 Å². The van der Waals surface area contributed by atoms with Crippen molar-refractivity contribution in [1.29, 1.82) is 0 Å². The molecular formula is C19H22ClN3O4. The Balaban J connectivity index is 0.00000261. The van der Waals surface area contributed by atoms with E-state index in [1.807, 2.05) is 18.2 Å². The summed E-state index contributed by atoms with van der Waals surface area (Å²) in [6, 6.07) is 12.3. The smallest absolute Gasteiger partial charge is 0.267 e. The van der Waals surface area contributed by atoms with Crippen LogP contribution in [0.4, 0.5) is 17.1 Å². The molecule has 0 saturated heterocycles. The van der Waals surface area contributed by atoms with Crippen molar-refractivity contribution in [2.45, 2.75) is 19.4 Å². The predicted octanol–water partition coefficient (Wildman–Crippen LogP) is 2.84. The maximum atomic E-state index is 12.4. The minimum atomic E-state index is -0.581. The highest BCUT2D eigenvalue weighted by Gasteiger charge is 2.31. The number of para-hydroxylation sites is 2. The lowest BCUT2D eigenvalue weighted by Crippen LogP contribution is -2.45. The number of carbonyl (C=O) groups is 2. The van der Waals surface area contributed by atoms with Crippen molar-refractivity contribution in [3.63, 3.8) is 0 Å². The van der Waals surface area contributed by atoms with Gasteiger partial charge in [-0.2, -0.15) is 0 Å². The topological polar surface area (TPSA) is 93.9 Å². The number of carbonyl (C=O) groups excluding carboxylic acids is 2. The minimum Gasteiger partial charge on any atom is -0.497 e. The number of anilines is 3. The molecule has 144 valence electrons. The summed E-state index contributed by atoms with van der Waals surface area (Å²) in [5.41, 5.74) is 7.48. The summed E-state index contributed by atoms with van der Waals surface area (Å²) in [6.45, 7) is 1.95. The number of fused-ring (bicyclic) bond motifs is 1. The first-order valence-electron chi connectivity index (χ1n) is 8.30. The van der Waals surface area contributed by atoms with Crippen LogP contribution in [0.1, 0.15) is 13.3 Å². The lowest BCUT2D eigenvalue weighted by molar-refractivity contribution is -0.125. The Bertz CT molecular complexity index is 843. The standard InChI is InChI=1S/C19H21N3O4.ClH/c1-12-19(24)22(16-5-3-4-6-17(16)26-12)10-9-18(23)21-15-11-13(25-2)7-8-14(15)20;/h3-8,11-12H,9-10,20H2,1-2H3,(H,21,23);1H. The molecule has 3 N–H and O–H groups in total. The van der Waals surface area contributed by atoms with E-state index in [4.69, 9.17) is 15.2 Å². The van der Waals surface area contributed by atoms with Gasteiger partial charge in [-0.3, -0.25) is 9.59 Å². The number of benzene rings is 2. The van der Waals surface area contributed by atoms with E-state index in [-0.39, 0.29) is 37.2 Å². The fraction of sp³-hybridized carbons (Fsp3) is 0.263. The molecule has 1 aliphatic heterocycles. The first kappa shape index (κ1) is 20.4. The van der Waals surface area contributed by atoms with Crippen LogP contribution in [0.3, 0.4) is 0 Å². The van der Waals surface area contributed by atoms with Gasteiger partial charge in [0.05, 0.1) is 24.2 Å². The molecule has 0 fully saturated rings. The Morgan fingerprint density at radius 1 is 1.30 bits per heavy atom. The second-order valence-corrected chi connectivity index (χ2v) is 5.97. The lowest BCUT2D eigenvalue weighted by Gasteiger charge is -2.32. The number of hydrogen-bond donors (Lipinski definition) is 2. The molecule has 1 heterocycles.